The Bertz CT molecular complexity index is 959. The second kappa shape index (κ2) is 7.82. The lowest BCUT2D eigenvalue weighted by Crippen LogP contribution is -2.28. The molecule has 0 aliphatic heterocycles. The first-order valence-corrected chi connectivity index (χ1v) is 8.71. The summed E-state index contributed by atoms with van der Waals surface area (Å²) in [4.78, 5) is 30.9. The van der Waals surface area contributed by atoms with Gasteiger partial charge in [0.25, 0.3) is 5.56 Å². The van der Waals surface area contributed by atoms with E-state index >= 15 is 0 Å². The first-order valence-electron chi connectivity index (χ1n) is 8.71. The highest BCUT2D eigenvalue weighted by Crippen LogP contribution is 2.18. The number of benzene rings is 2. The van der Waals surface area contributed by atoms with E-state index in [1.54, 1.807) is 6.07 Å². The average Bonchev–Trinajstić information content (AvgIpc) is 2.66. The van der Waals surface area contributed by atoms with Crippen LogP contribution in [0.5, 0.6) is 0 Å². The first-order chi connectivity index (χ1) is 12.6. The van der Waals surface area contributed by atoms with Gasteiger partial charge in [-0.25, -0.2) is 4.98 Å². The van der Waals surface area contributed by atoms with Crippen molar-refractivity contribution >= 4 is 28.3 Å². The summed E-state index contributed by atoms with van der Waals surface area (Å²) in [6.07, 6.45) is 1.24. The number of para-hydroxylation sites is 2. The molecule has 0 aliphatic rings. The summed E-state index contributed by atoms with van der Waals surface area (Å²) < 4.78 is 1.43. The van der Waals surface area contributed by atoms with Crippen molar-refractivity contribution in [1.82, 2.24) is 9.55 Å². The van der Waals surface area contributed by atoms with E-state index in [4.69, 9.17) is 0 Å². The molecule has 2 aromatic carbocycles. The van der Waals surface area contributed by atoms with Gasteiger partial charge in [0.15, 0.2) is 0 Å². The van der Waals surface area contributed by atoms with Crippen LogP contribution in [0.2, 0.25) is 0 Å². The highest BCUT2D eigenvalue weighted by molar-refractivity contribution is 5.91. The molecule has 3 rings (SSSR count). The zero-order valence-electron chi connectivity index (χ0n) is 15.0. The Morgan fingerprint density at radius 2 is 1.77 bits per heavy atom. The van der Waals surface area contributed by atoms with Crippen LogP contribution in [0.15, 0.2) is 59.5 Å². The molecule has 0 aliphatic carbocycles. The van der Waals surface area contributed by atoms with Gasteiger partial charge in [-0.2, -0.15) is 0 Å². The van der Waals surface area contributed by atoms with Gasteiger partial charge in [-0.3, -0.25) is 14.2 Å². The number of amides is 1. The summed E-state index contributed by atoms with van der Waals surface area (Å²) in [6.45, 7) is 6.02. The molecule has 3 aromatic rings. The van der Waals surface area contributed by atoms with Crippen LogP contribution in [0.1, 0.15) is 13.8 Å². The predicted molar refractivity (Wildman–Crippen MR) is 105 cm³/mol. The third kappa shape index (κ3) is 3.74. The molecular weight excluding hydrogens is 328 g/mol. The molecule has 1 heterocycles. The SMILES string of the molecule is CCN(CC)c1ccc(NC(=O)Cn2c(=O)cnc3ccccc32)cc1. The zero-order valence-corrected chi connectivity index (χ0v) is 15.0. The maximum absolute atomic E-state index is 12.4. The van der Waals surface area contributed by atoms with Crippen molar-refractivity contribution < 1.29 is 4.79 Å². The van der Waals surface area contributed by atoms with Gasteiger partial charge in [0.1, 0.15) is 6.54 Å². The summed E-state index contributed by atoms with van der Waals surface area (Å²) in [5.41, 5.74) is 2.85. The standard InChI is InChI=1S/C20H22N4O2/c1-3-23(4-2)16-11-9-15(10-12-16)22-19(25)14-24-18-8-6-5-7-17(18)21-13-20(24)26/h5-13H,3-4,14H2,1-2H3,(H,22,25). The monoisotopic (exact) mass is 350 g/mol. The van der Waals surface area contributed by atoms with Crippen molar-refractivity contribution in [3.05, 3.63) is 65.1 Å². The van der Waals surface area contributed by atoms with Crippen molar-refractivity contribution in [2.45, 2.75) is 20.4 Å². The van der Waals surface area contributed by atoms with Gasteiger partial charge in [-0.1, -0.05) is 12.1 Å². The number of rotatable bonds is 6. The molecule has 0 bridgehead atoms. The Labute approximate surface area is 152 Å². The van der Waals surface area contributed by atoms with E-state index in [1.807, 2.05) is 42.5 Å². The van der Waals surface area contributed by atoms with Crippen molar-refractivity contribution in [2.24, 2.45) is 0 Å². The molecule has 0 radical (unpaired) electrons. The van der Waals surface area contributed by atoms with E-state index < -0.39 is 0 Å². The van der Waals surface area contributed by atoms with E-state index in [1.165, 1.54) is 10.8 Å². The van der Waals surface area contributed by atoms with Gasteiger partial charge in [0, 0.05) is 24.5 Å². The molecule has 6 nitrogen and oxygen atoms in total. The van der Waals surface area contributed by atoms with Crippen molar-refractivity contribution in [3.63, 3.8) is 0 Å². The number of fused-ring (bicyclic) bond motifs is 1. The fraction of sp³-hybridized carbons (Fsp3) is 0.250. The number of aromatic nitrogens is 2. The Morgan fingerprint density at radius 1 is 1.08 bits per heavy atom. The lowest BCUT2D eigenvalue weighted by molar-refractivity contribution is -0.116. The predicted octanol–water partition coefficient (Wildman–Crippen LogP) is 2.88. The number of carbonyl (C=O) groups excluding carboxylic acids is 1. The number of hydrogen-bond donors (Lipinski definition) is 1. The van der Waals surface area contributed by atoms with Crippen LogP contribution >= 0.6 is 0 Å². The molecule has 134 valence electrons. The van der Waals surface area contributed by atoms with Crippen LogP contribution in [-0.2, 0) is 11.3 Å². The molecule has 0 spiro atoms. The fourth-order valence-corrected chi connectivity index (χ4v) is 2.97. The molecule has 0 unspecified atom stereocenters. The third-order valence-electron chi connectivity index (χ3n) is 4.33. The molecule has 6 heteroatoms. The van der Waals surface area contributed by atoms with Gasteiger partial charge in [0.2, 0.25) is 5.91 Å². The minimum Gasteiger partial charge on any atom is -0.372 e. The summed E-state index contributed by atoms with van der Waals surface area (Å²) in [7, 11) is 0. The molecule has 0 saturated heterocycles. The van der Waals surface area contributed by atoms with Crippen LogP contribution in [0.3, 0.4) is 0 Å². The zero-order chi connectivity index (χ0) is 18.5. The second-order valence-corrected chi connectivity index (χ2v) is 5.94. The van der Waals surface area contributed by atoms with E-state index in [9.17, 15) is 9.59 Å². The number of anilines is 2. The van der Waals surface area contributed by atoms with Crippen LogP contribution in [0.4, 0.5) is 11.4 Å². The Kier molecular flexibility index (Phi) is 5.31. The van der Waals surface area contributed by atoms with Crippen molar-refractivity contribution in [1.29, 1.82) is 0 Å². The minimum absolute atomic E-state index is 0.0559. The van der Waals surface area contributed by atoms with Crippen molar-refractivity contribution in [2.75, 3.05) is 23.3 Å². The summed E-state index contributed by atoms with van der Waals surface area (Å²) in [6, 6.07) is 15.0. The lowest BCUT2D eigenvalue weighted by Gasteiger charge is -2.21. The maximum Gasteiger partial charge on any atom is 0.269 e. The Balaban J connectivity index is 1.76. The van der Waals surface area contributed by atoms with E-state index in [0.29, 0.717) is 16.7 Å². The smallest absolute Gasteiger partial charge is 0.269 e. The fourth-order valence-electron chi connectivity index (χ4n) is 2.97. The van der Waals surface area contributed by atoms with Gasteiger partial charge < -0.3 is 10.2 Å². The molecule has 1 amide bonds. The molecule has 0 saturated carbocycles. The van der Waals surface area contributed by atoms with Gasteiger partial charge >= 0.3 is 0 Å². The highest BCUT2D eigenvalue weighted by atomic mass is 16.2. The van der Waals surface area contributed by atoms with Gasteiger partial charge in [-0.15, -0.1) is 0 Å². The van der Waals surface area contributed by atoms with E-state index in [2.05, 4.69) is 29.0 Å². The second-order valence-electron chi connectivity index (χ2n) is 5.94. The van der Waals surface area contributed by atoms with Gasteiger partial charge in [0.05, 0.1) is 17.2 Å². The Hall–Kier alpha value is -3.15. The number of carbonyl (C=O) groups is 1. The van der Waals surface area contributed by atoms with Crippen LogP contribution in [0, 0.1) is 0 Å². The summed E-state index contributed by atoms with van der Waals surface area (Å²) >= 11 is 0. The van der Waals surface area contributed by atoms with E-state index in [0.717, 1.165) is 18.8 Å². The Morgan fingerprint density at radius 3 is 2.46 bits per heavy atom. The average molecular weight is 350 g/mol. The largest absolute Gasteiger partial charge is 0.372 e. The highest BCUT2D eigenvalue weighted by Gasteiger charge is 2.09. The molecule has 26 heavy (non-hydrogen) atoms. The number of nitrogens with one attached hydrogen (secondary N) is 1. The number of hydrogen-bond acceptors (Lipinski definition) is 4. The van der Waals surface area contributed by atoms with Crippen LogP contribution in [-0.4, -0.2) is 28.5 Å². The van der Waals surface area contributed by atoms with Crippen LogP contribution in [0.25, 0.3) is 11.0 Å². The lowest BCUT2D eigenvalue weighted by atomic mass is 10.2. The molecule has 1 aromatic heterocycles. The first kappa shape index (κ1) is 17.7. The van der Waals surface area contributed by atoms with E-state index in [-0.39, 0.29) is 18.0 Å². The van der Waals surface area contributed by atoms with Gasteiger partial charge in [-0.05, 0) is 50.2 Å². The van der Waals surface area contributed by atoms with Crippen LogP contribution < -0.4 is 15.8 Å². The van der Waals surface area contributed by atoms with Crippen molar-refractivity contribution in [3.8, 4) is 0 Å². The molecule has 0 fully saturated rings. The maximum atomic E-state index is 12.4. The summed E-state index contributed by atoms with van der Waals surface area (Å²) in [5, 5.41) is 2.85. The minimum atomic E-state index is -0.296. The normalized spacial score (nSPS) is 10.7. The quantitative estimate of drug-likeness (QED) is 0.742. The molecule has 0 atom stereocenters. The molecule has 1 N–H and O–H groups in total. The number of nitrogens with zero attached hydrogens (tertiary/aromatic N) is 3. The topological polar surface area (TPSA) is 67.2 Å². The third-order valence-corrected chi connectivity index (χ3v) is 4.33. The molecular formula is C20H22N4O2. The summed E-state index contributed by atoms with van der Waals surface area (Å²) in [5.74, 6) is -0.251.